The van der Waals surface area contributed by atoms with Crippen molar-refractivity contribution in [1.29, 1.82) is 0 Å². The Labute approximate surface area is 76.7 Å². The Morgan fingerprint density at radius 1 is 1.08 bits per heavy atom. The second kappa shape index (κ2) is 5.58. The molecule has 1 nitrogen and oxygen atoms in total. The minimum absolute atomic E-state index is 0.505. The fourth-order valence-electron chi connectivity index (χ4n) is 2.32. The topological polar surface area (TPSA) is 26.0 Å². The largest absolute Gasteiger partial charge is 0.327 e. The van der Waals surface area contributed by atoms with Crippen LogP contribution in [0.5, 0.6) is 0 Å². The van der Waals surface area contributed by atoms with Crippen LogP contribution in [-0.2, 0) is 0 Å². The van der Waals surface area contributed by atoms with Crippen molar-refractivity contribution in [3.63, 3.8) is 0 Å². The van der Waals surface area contributed by atoms with Crippen LogP contribution in [0.2, 0.25) is 0 Å². The highest BCUT2D eigenvalue weighted by molar-refractivity contribution is 4.74. The average Bonchev–Trinajstić information content (AvgIpc) is 2.05. The van der Waals surface area contributed by atoms with Gasteiger partial charge in [0, 0.05) is 6.04 Å². The van der Waals surface area contributed by atoms with Gasteiger partial charge in [-0.2, -0.15) is 0 Å². The summed E-state index contributed by atoms with van der Waals surface area (Å²) in [6, 6.07) is 0.505. The quantitative estimate of drug-likeness (QED) is 0.675. The average molecular weight is 169 g/mol. The van der Waals surface area contributed by atoms with E-state index < -0.39 is 0 Å². The lowest BCUT2D eigenvalue weighted by atomic mass is 9.85. The van der Waals surface area contributed by atoms with Crippen LogP contribution in [-0.4, -0.2) is 6.04 Å². The summed E-state index contributed by atoms with van der Waals surface area (Å²) in [5.41, 5.74) is 6.13. The maximum Gasteiger partial charge on any atom is 0.00671 e. The van der Waals surface area contributed by atoms with Gasteiger partial charge < -0.3 is 5.73 Å². The Balaban J connectivity index is 2.32. The molecule has 0 spiro atoms. The van der Waals surface area contributed by atoms with Crippen LogP contribution in [0.1, 0.15) is 58.3 Å². The molecule has 1 rings (SSSR count). The highest BCUT2D eigenvalue weighted by Gasteiger charge is 2.17. The molecule has 0 saturated heterocycles. The first-order valence-corrected chi connectivity index (χ1v) is 5.60. The van der Waals surface area contributed by atoms with Crippen molar-refractivity contribution in [2.45, 2.75) is 64.3 Å². The van der Waals surface area contributed by atoms with E-state index in [1.807, 2.05) is 0 Å². The summed E-state index contributed by atoms with van der Waals surface area (Å²) < 4.78 is 0. The van der Waals surface area contributed by atoms with E-state index in [-0.39, 0.29) is 0 Å². The van der Waals surface area contributed by atoms with Crippen LogP contribution in [0.3, 0.4) is 0 Å². The summed E-state index contributed by atoms with van der Waals surface area (Å²) in [7, 11) is 0. The first-order chi connectivity index (χ1) is 5.84. The van der Waals surface area contributed by atoms with Crippen LogP contribution in [0.15, 0.2) is 0 Å². The number of nitrogens with two attached hydrogens (primary N) is 1. The highest BCUT2D eigenvalue weighted by Crippen LogP contribution is 2.24. The van der Waals surface area contributed by atoms with E-state index in [1.165, 1.54) is 51.4 Å². The van der Waals surface area contributed by atoms with Gasteiger partial charge in [-0.1, -0.05) is 39.0 Å². The van der Waals surface area contributed by atoms with Crippen molar-refractivity contribution >= 4 is 0 Å². The Kier molecular flexibility index (Phi) is 4.67. The number of rotatable bonds is 2. The maximum atomic E-state index is 6.13. The third-order valence-corrected chi connectivity index (χ3v) is 3.13. The molecule has 0 aliphatic heterocycles. The zero-order valence-corrected chi connectivity index (χ0v) is 8.39. The molecule has 0 heterocycles. The van der Waals surface area contributed by atoms with Crippen LogP contribution in [0, 0.1) is 5.92 Å². The molecule has 1 saturated carbocycles. The van der Waals surface area contributed by atoms with Gasteiger partial charge in [-0.25, -0.2) is 0 Å². The van der Waals surface area contributed by atoms with Gasteiger partial charge in [0.1, 0.15) is 0 Å². The van der Waals surface area contributed by atoms with Gasteiger partial charge in [0.25, 0.3) is 0 Å². The first-order valence-electron chi connectivity index (χ1n) is 5.60. The van der Waals surface area contributed by atoms with Crippen molar-refractivity contribution in [1.82, 2.24) is 0 Å². The zero-order chi connectivity index (χ0) is 8.81. The molecule has 1 unspecified atom stereocenters. The lowest BCUT2D eigenvalue weighted by Gasteiger charge is -2.25. The molecule has 2 N–H and O–H groups in total. The highest BCUT2D eigenvalue weighted by atomic mass is 14.6. The summed E-state index contributed by atoms with van der Waals surface area (Å²) in [6.07, 6.45) is 10.9. The van der Waals surface area contributed by atoms with E-state index >= 15 is 0 Å². The molecular weight excluding hydrogens is 146 g/mol. The van der Waals surface area contributed by atoms with Gasteiger partial charge in [0.15, 0.2) is 0 Å². The van der Waals surface area contributed by atoms with Crippen LogP contribution < -0.4 is 5.73 Å². The predicted octanol–water partition coefficient (Wildman–Crippen LogP) is 3.08. The van der Waals surface area contributed by atoms with Crippen LogP contribution in [0.25, 0.3) is 0 Å². The third-order valence-electron chi connectivity index (χ3n) is 3.13. The molecular formula is C11H23N. The molecule has 1 aliphatic carbocycles. The summed E-state index contributed by atoms with van der Waals surface area (Å²) in [5.74, 6) is 0.829. The molecule has 1 fully saturated rings. The molecule has 72 valence electrons. The molecule has 0 aromatic carbocycles. The zero-order valence-electron chi connectivity index (χ0n) is 8.39. The summed E-state index contributed by atoms with van der Waals surface area (Å²) >= 11 is 0. The van der Waals surface area contributed by atoms with Crippen molar-refractivity contribution in [3.05, 3.63) is 0 Å². The van der Waals surface area contributed by atoms with Gasteiger partial charge in [0.05, 0.1) is 0 Å². The molecule has 0 amide bonds. The van der Waals surface area contributed by atoms with Crippen molar-refractivity contribution < 1.29 is 0 Å². The lowest BCUT2D eigenvalue weighted by molar-refractivity contribution is 0.311. The lowest BCUT2D eigenvalue weighted by Crippen LogP contribution is -2.30. The van der Waals surface area contributed by atoms with Crippen molar-refractivity contribution in [2.75, 3.05) is 0 Å². The van der Waals surface area contributed by atoms with Gasteiger partial charge in [0.2, 0.25) is 0 Å². The van der Waals surface area contributed by atoms with Gasteiger partial charge in [-0.15, -0.1) is 0 Å². The Morgan fingerprint density at radius 3 is 2.42 bits per heavy atom. The monoisotopic (exact) mass is 169 g/mol. The van der Waals surface area contributed by atoms with Crippen LogP contribution in [0.4, 0.5) is 0 Å². The molecule has 1 aliphatic rings. The normalized spacial score (nSPS) is 32.5. The molecule has 0 radical (unpaired) electrons. The molecule has 0 aromatic rings. The summed E-state index contributed by atoms with van der Waals surface area (Å²) in [4.78, 5) is 0. The van der Waals surface area contributed by atoms with Crippen LogP contribution >= 0.6 is 0 Å². The molecule has 12 heavy (non-hydrogen) atoms. The van der Waals surface area contributed by atoms with E-state index in [1.54, 1.807) is 0 Å². The fraction of sp³-hybridized carbons (Fsp3) is 1.00. The number of hydrogen-bond acceptors (Lipinski definition) is 1. The predicted molar refractivity (Wildman–Crippen MR) is 54.1 cm³/mol. The Bertz CT molecular complexity index is 112. The van der Waals surface area contributed by atoms with Gasteiger partial charge in [-0.3, -0.25) is 0 Å². The summed E-state index contributed by atoms with van der Waals surface area (Å²) in [6.45, 7) is 2.27. The minimum atomic E-state index is 0.505. The van der Waals surface area contributed by atoms with E-state index in [0.717, 1.165) is 5.92 Å². The fourth-order valence-corrected chi connectivity index (χ4v) is 2.32. The summed E-state index contributed by atoms with van der Waals surface area (Å²) in [5, 5.41) is 0. The third kappa shape index (κ3) is 3.14. The van der Waals surface area contributed by atoms with Gasteiger partial charge >= 0.3 is 0 Å². The van der Waals surface area contributed by atoms with E-state index in [0.29, 0.717) is 6.04 Å². The Hall–Kier alpha value is -0.0400. The minimum Gasteiger partial charge on any atom is -0.327 e. The van der Waals surface area contributed by atoms with Gasteiger partial charge in [-0.05, 0) is 25.2 Å². The molecule has 0 bridgehead atoms. The molecule has 2 atom stereocenters. The van der Waals surface area contributed by atoms with E-state index in [9.17, 15) is 0 Å². The number of hydrogen-bond donors (Lipinski definition) is 1. The van der Waals surface area contributed by atoms with Crippen molar-refractivity contribution in [2.24, 2.45) is 11.7 Å². The first kappa shape index (κ1) is 10.0. The SMILES string of the molecule is CCCC1CCCCCC[C@H]1N. The smallest absolute Gasteiger partial charge is 0.00671 e. The Morgan fingerprint density at radius 2 is 1.75 bits per heavy atom. The standard InChI is InChI=1S/C11H23N/c1-2-7-10-8-5-3-4-6-9-11(10)12/h10-11H,2-9,12H2,1H3/t10?,11-/m1/s1. The van der Waals surface area contributed by atoms with E-state index in [2.05, 4.69) is 6.92 Å². The molecule has 0 aromatic heterocycles. The second-order valence-corrected chi connectivity index (χ2v) is 4.20. The molecule has 1 heteroatoms. The maximum absolute atomic E-state index is 6.13. The van der Waals surface area contributed by atoms with Crippen molar-refractivity contribution in [3.8, 4) is 0 Å². The van der Waals surface area contributed by atoms with E-state index in [4.69, 9.17) is 5.73 Å². The second-order valence-electron chi connectivity index (χ2n) is 4.20.